The van der Waals surface area contributed by atoms with Crippen LogP contribution in [0.25, 0.3) is 0 Å². The summed E-state index contributed by atoms with van der Waals surface area (Å²) in [5.41, 5.74) is 2.41. The molecule has 0 spiro atoms. The van der Waals surface area contributed by atoms with Gasteiger partial charge in [0.2, 0.25) is 0 Å². The SMILES string of the molecule is CCCCCCCCCCCCCCCCOC(C)COC(C)COC(C)COC(C)COC(=O)CCc1cc(C(C)(C)C)c(O)c(C(C)(C)C)c1. The van der Waals surface area contributed by atoms with Gasteiger partial charge in [0.15, 0.2) is 0 Å². The third-order valence-corrected chi connectivity index (χ3v) is 9.63. The largest absolute Gasteiger partial charge is 0.507 e. The molecule has 1 aromatic carbocycles. The Hall–Kier alpha value is -1.67. The maximum absolute atomic E-state index is 12.6. The summed E-state index contributed by atoms with van der Waals surface area (Å²) in [7, 11) is 0. The highest BCUT2D eigenvalue weighted by Gasteiger charge is 2.26. The lowest BCUT2D eigenvalue weighted by Crippen LogP contribution is -2.28. The van der Waals surface area contributed by atoms with Crippen molar-refractivity contribution in [3.8, 4) is 5.75 Å². The van der Waals surface area contributed by atoms with Gasteiger partial charge in [0.05, 0.1) is 44.2 Å². The highest BCUT2D eigenvalue weighted by molar-refractivity contribution is 5.69. The van der Waals surface area contributed by atoms with E-state index in [4.69, 9.17) is 23.7 Å². The summed E-state index contributed by atoms with van der Waals surface area (Å²) in [6.07, 6.45) is 19.6. The molecule has 0 fully saturated rings. The first-order chi connectivity index (χ1) is 24.5. The molecular weight excluding hydrogens is 652 g/mol. The molecule has 7 nitrogen and oxygen atoms in total. The van der Waals surface area contributed by atoms with Crippen molar-refractivity contribution in [3.05, 3.63) is 28.8 Å². The van der Waals surface area contributed by atoms with E-state index >= 15 is 0 Å². The number of carbonyl (C=O) groups excluding carboxylic acids is 1. The Morgan fingerprint density at radius 2 is 0.942 bits per heavy atom. The second kappa shape index (κ2) is 27.0. The highest BCUT2D eigenvalue weighted by atomic mass is 16.6. The number of esters is 1. The fourth-order valence-electron chi connectivity index (χ4n) is 6.18. The number of phenolic OH excluding ortho intramolecular Hbond substituents is 1. The molecular formula is C45H82O7. The molecule has 0 aromatic heterocycles. The number of aryl methyl sites for hydroxylation is 1. The minimum atomic E-state index is -0.258. The van der Waals surface area contributed by atoms with Gasteiger partial charge < -0.3 is 28.8 Å². The summed E-state index contributed by atoms with van der Waals surface area (Å²) < 4.78 is 29.3. The van der Waals surface area contributed by atoms with E-state index in [1.54, 1.807) is 0 Å². The molecule has 1 aromatic rings. The third-order valence-electron chi connectivity index (χ3n) is 9.63. The standard InChI is InChI=1S/C45H82O7/c1-12-13-14-15-16-17-18-19-20-21-22-23-24-25-28-48-35(2)31-49-36(3)32-50-37(4)33-51-38(5)34-52-42(46)27-26-39-29-40(44(6,7)8)43(47)41(30-39)45(9,10)11/h29-30,35-38,47H,12-28,31-34H2,1-11H3. The topological polar surface area (TPSA) is 83.5 Å². The zero-order valence-corrected chi connectivity index (χ0v) is 35.7. The zero-order valence-electron chi connectivity index (χ0n) is 35.7. The van der Waals surface area contributed by atoms with Gasteiger partial charge in [-0.2, -0.15) is 0 Å². The molecule has 1 rings (SSSR count). The van der Waals surface area contributed by atoms with Crippen molar-refractivity contribution in [2.45, 2.75) is 214 Å². The van der Waals surface area contributed by atoms with Gasteiger partial charge >= 0.3 is 5.97 Å². The van der Waals surface area contributed by atoms with Crippen LogP contribution in [0.2, 0.25) is 0 Å². The van der Waals surface area contributed by atoms with Crippen LogP contribution in [0.1, 0.15) is 189 Å². The normalized spacial score (nSPS) is 14.7. The Labute approximate surface area is 320 Å². The number of benzene rings is 1. The fourth-order valence-corrected chi connectivity index (χ4v) is 6.18. The predicted molar refractivity (Wildman–Crippen MR) is 217 cm³/mol. The van der Waals surface area contributed by atoms with Gasteiger partial charge in [-0.3, -0.25) is 4.79 Å². The van der Waals surface area contributed by atoms with Crippen molar-refractivity contribution in [3.63, 3.8) is 0 Å². The molecule has 7 heteroatoms. The van der Waals surface area contributed by atoms with Crippen LogP contribution < -0.4 is 0 Å². The molecule has 52 heavy (non-hydrogen) atoms. The fraction of sp³-hybridized carbons (Fsp3) is 0.844. The Kier molecular flexibility index (Phi) is 25.1. The summed E-state index contributed by atoms with van der Waals surface area (Å²) in [6.45, 7) is 25.2. The second-order valence-corrected chi connectivity index (χ2v) is 17.4. The van der Waals surface area contributed by atoms with Gasteiger partial charge in [0, 0.05) is 13.0 Å². The smallest absolute Gasteiger partial charge is 0.306 e. The maximum atomic E-state index is 12.6. The van der Waals surface area contributed by atoms with Crippen LogP contribution in [0, 0.1) is 0 Å². The molecule has 0 aliphatic rings. The average Bonchev–Trinajstić information content (AvgIpc) is 3.08. The van der Waals surface area contributed by atoms with Crippen molar-refractivity contribution in [2.75, 3.05) is 33.0 Å². The van der Waals surface area contributed by atoms with Gasteiger partial charge in [0.1, 0.15) is 12.4 Å². The summed E-state index contributed by atoms with van der Waals surface area (Å²) in [6, 6.07) is 4.04. The first-order valence-electron chi connectivity index (χ1n) is 21.0. The highest BCUT2D eigenvalue weighted by Crippen LogP contribution is 2.40. The Morgan fingerprint density at radius 3 is 1.35 bits per heavy atom. The van der Waals surface area contributed by atoms with Crippen molar-refractivity contribution in [2.24, 2.45) is 0 Å². The van der Waals surface area contributed by atoms with Crippen LogP contribution >= 0.6 is 0 Å². The van der Waals surface area contributed by atoms with E-state index in [9.17, 15) is 9.90 Å². The van der Waals surface area contributed by atoms with Crippen LogP contribution in [-0.4, -0.2) is 68.5 Å². The number of ether oxygens (including phenoxy) is 5. The molecule has 0 aliphatic heterocycles. The van der Waals surface area contributed by atoms with E-state index < -0.39 is 0 Å². The summed E-state index contributed by atoms with van der Waals surface area (Å²) in [5, 5.41) is 11.0. The van der Waals surface area contributed by atoms with Crippen molar-refractivity contribution in [1.29, 1.82) is 0 Å². The number of rotatable bonds is 30. The van der Waals surface area contributed by atoms with Crippen LogP contribution in [0.5, 0.6) is 5.75 Å². The molecule has 0 amide bonds. The van der Waals surface area contributed by atoms with Gasteiger partial charge in [-0.25, -0.2) is 0 Å². The van der Waals surface area contributed by atoms with E-state index in [0.717, 1.165) is 29.7 Å². The number of carbonyl (C=O) groups is 1. The van der Waals surface area contributed by atoms with Gasteiger partial charge in [0.25, 0.3) is 0 Å². The first-order valence-corrected chi connectivity index (χ1v) is 21.0. The molecule has 0 saturated heterocycles. The monoisotopic (exact) mass is 735 g/mol. The van der Waals surface area contributed by atoms with Gasteiger partial charge in [-0.05, 0) is 68.1 Å². The van der Waals surface area contributed by atoms with Crippen LogP contribution in [-0.2, 0) is 45.7 Å². The lowest BCUT2D eigenvalue weighted by Gasteiger charge is -2.28. The Morgan fingerprint density at radius 1 is 0.577 bits per heavy atom. The molecule has 4 unspecified atom stereocenters. The Bertz CT molecular complexity index is 1020. The quantitative estimate of drug-likeness (QED) is 0.0622. The molecule has 0 saturated carbocycles. The van der Waals surface area contributed by atoms with Crippen molar-refractivity contribution >= 4 is 5.97 Å². The molecule has 0 bridgehead atoms. The van der Waals surface area contributed by atoms with E-state index in [1.807, 2.05) is 32.9 Å². The molecule has 0 aliphatic carbocycles. The lowest BCUT2D eigenvalue weighted by atomic mass is 9.78. The molecule has 1 N–H and O–H groups in total. The number of hydrogen-bond donors (Lipinski definition) is 1. The van der Waals surface area contributed by atoms with E-state index in [0.29, 0.717) is 32.0 Å². The second-order valence-electron chi connectivity index (χ2n) is 17.4. The summed E-state index contributed by atoms with van der Waals surface area (Å²) in [4.78, 5) is 12.6. The average molecular weight is 735 g/mol. The van der Waals surface area contributed by atoms with Crippen LogP contribution in [0.15, 0.2) is 12.1 Å². The zero-order chi connectivity index (χ0) is 39.0. The number of phenols is 1. The van der Waals surface area contributed by atoms with Crippen LogP contribution in [0.4, 0.5) is 0 Å². The minimum Gasteiger partial charge on any atom is -0.507 e. The number of aromatic hydroxyl groups is 1. The van der Waals surface area contributed by atoms with Crippen molar-refractivity contribution in [1.82, 2.24) is 0 Å². The van der Waals surface area contributed by atoms with E-state index in [1.165, 1.54) is 83.5 Å². The molecule has 0 radical (unpaired) electrons. The first kappa shape index (κ1) is 48.3. The summed E-state index contributed by atoms with van der Waals surface area (Å²) in [5.74, 6) is 0.0913. The molecule has 0 heterocycles. The van der Waals surface area contributed by atoms with Gasteiger partial charge in [-0.15, -0.1) is 0 Å². The van der Waals surface area contributed by atoms with E-state index in [2.05, 4.69) is 55.4 Å². The Balaban J connectivity index is 2.13. The summed E-state index contributed by atoms with van der Waals surface area (Å²) >= 11 is 0. The molecule has 4 atom stereocenters. The van der Waals surface area contributed by atoms with Crippen LogP contribution in [0.3, 0.4) is 0 Å². The number of unbranched alkanes of at least 4 members (excludes halogenated alkanes) is 13. The van der Waals surface area contributed by atoms with Gasteiger partial charge in [-0.1, -0.05) is 144 Å². The minimum absolute atomic E-state index is 0.0412. The maximum Gasteiger partial charge on any atom is 0.306 e. The third kappa shape index (κ3) is 23.2. The van der Waals surface area contributed by atoms with Crippen molar-refractivity contribution < 1.29 is 33.6 Å². The molecule has 304 valence electrons. The number of hydrogen-bond acceptors (Lipinski definition) is 7. The lowest BCUT2D eigenvalue weighted by molar-refractivity contribution is -0.148. The predicted octanol–water partition coefficient (Wildman–Crippen LogP) is 11.6. The van der Waals surface area contributed by atoms with E-state index in [-0.39, 0.29) is 54.2 Å².